The second-order valence-electron chi connectivity index (χ2n) is 6.63. The first-order valence-electron chi connectivity index (χ1n) is 9.26. The first kappa shape index (κ1) is 22.9. The molecule has 0 saturated heterocycles. The summed E-state index contributed by atoms with van der Waals surface area (Å²) < 4.78 is 93.5. The standard InChI is InChI=1S/C21H11F6N3O4/c22-13-5-3-10(18-29-30-19(34-18)16-2-1-7-32-16)8-14(13)28-17(31)12-9-11(21(25,26)27)4-6-15(12)33-20(23)24/h1-9,20H,(H,28,31). The fourth-order valence-electron chi connectivity index (χ4n) is 2.87. The number of nitrogens with zero attached hydrogens (tertiary/aromatic N) is 2. The third kappa shape index (κ3) is 4.87. The number of carbonyl (C=O) groups is 1. The molecule has 0 aliphatic rings. The molecule has 0 aliphatic heterocycles. The van der Waals surface area contributed by atoms with Crippen molar-refractivity contribution in [2.75, 3.05) is 5.32 Å². The summed E-state index contributed by atoms with van der Waals surface area (Å²) in [6.45, 7) is -3.41. The summed E-state index contributed by atoms with van der Waals surface area (Å²) in [5.41, 5.74) is -2.50. The number of ether oxygens (including phenoxy) is 1. The topological polar surface area (TPSA) is 90.4 Å². The maximum atomic E-state index is 14.3. The third-order valence-corrected chi connectivity index (χ3v) is 4.39. The van der Waals surface area contributed by atoms with Gasteiger partial charge in [0.1, 0.15) is 11.6 Å². The highest BCUT2D eigenvalue weighted by atomic mass is 19.4. The Labute approximate surface area is 186 Å². The molecule has 0 radical (unpaired) electrons. The lowest BCUT2D eigenvalue weighted by atomic mass is 10.1. The molecular weight excluding hydrogens is 472 g/mol. The highest BCUT2D eigenvalue weighted by molar-refractivity contribution is 6.06. The Morgan fingerprint density at radius 3 is 2.47 bits per heavy atom. The van der Waals surface area contributed by atoms with E-state index in [0.29, 0.717) is 18.2 Å². The van der Waals surface area contributed by atoms with Gasteiger partial charge in [-0.05, 0) is 48.5 Å². The van der Waals surface area contributed by atoms with Crippen molar-refractivity contribution < 1.29 is 44.7 Å². The normalized spacial score (nSPS) is 11.6. The van der Waals surface area contributed by atoms with Gasteiger partial charge in [0.15, 0.2) is 5.76 Å². The molecule has 34 heavy (non-hydrogen) atoms. The van der Waals surface area contributed by atoms with Crippen LogP contribution < -0.4 is 10.1 Å². The van der Waals surface area contributed by atoms with Gasteiger partial charge in [-0.25, -0.2) is 4.39 Å². The minimum absolute atomic E-state index is 0.0210. The molecule has 0 bridgehead atoms. The number of furan rings is 1. The number of aromatic nitrogens is 2. The minimum Gasteiger partial charge on any atom is -0.459 e. The Kier molecular flexibility index (Phi) is 6.01. The summed E-state index contributed by atoms with van der Waals surface area (Å²) in [6, 6.07) is 7.78. The molecule has 0 spiro atoms. The second-order valence-corrected chi connectivity index (χ2v) is 6.63. The predicted octanol–water partition coefficient (Wildman–Crippen LogP) is 6.01. The van der Waals surface area contributed by atoms with E-state index in [2.05, 4.69) is 14.9 Å². The van der Waals surface area contributed by atoms with E-state index in [-0.39, 0.29) is 23.1 Å². The number of amides is 1. The van der Waals surface area contributed by atoms with Gasteiger partial charge >= 0.3 is 12.8 Å². The molecule has 1 amide bonds. The number of hydrogen-bond acceptors (Lipinski definition) is 6. The molecule has 7 nitrogen and oxygen atoms in total. The number of rotatable bonds is 6. The molecule has 0 aliphatic carbocycles. The van der Waals surface area contributed by atoms with Crippen molar-refractivity contribution in [1.82, 2.24) is 10.2 Å². The largest absolute Gasteiger partial charge is 0.459 e. The van der Waals surface area contributed by atoms with Crippen LogP contribution in [0.2, 0.25) is 0 Å². The van der Waals surface area contributed by atoms with Crippen LogP contribution in [0.5, 0.6) is 5.75 Å². The quantitative estimate of drug-likeness (QED) is 0.338. The van der Waals surface area contributed by atoms with E-state index in [0.717, 1.165) is 12.1 Å². The van der Waals surface area contributed by atoms with Crippen LogP contribution in [-0.4, -0.2) is 22.7 Å². The van der Waals surface area contributed by atoms with Crippen LogP contribution in [0, 0.1) is 5.82 Å². The summed E-state index contributed by atoms with van der Waals surface area (Å²) in [6.07, 6.45) is -3.49. The molecular formula is C21H11F6N3O4. The van der Waals surface area contributed by atoms with Crippen LogP contribution in [-0.2, 0) is 6.18 Å². The van der Waals surface area contributed by atoms with Crippen LogP contribution in [0.3, 0.4) is 0 Å². The second kappa shape index (κ2) is 8.92. The van der Waals surface area contributed by atoms with Crippen molar-refractivity contribution in [2.45, 2.75) is 12.8 Å². The lowest BCUT2D eigenvalue weighted by Gasteiger charge is -2.14. The van der Waals surface area contributed by atoms with E-state index < -0.39 is 47.1 Å². The number of alkyl halides is 5. The highest BCUT2D eigenvalue weighted by Crippen LogP contribution is 2.34. The monoisotopic (exact) mass is 483 g/mol. The molecule has 4 rings (SSSR count). The summed E-state index contributed by atoms with van der Waals surface area (Å²) in [7, 11) is 0. The predicted molar refractivity (Wildman–Crippen MR) is 103 cm³/mol. The fourth-order valence-corrected chi connectivity index (χ4v) is 2.87. The van der Waals surface area contributed by atoms with Crippen molar-refractivity contribution in [3.63, 3.8) is 0 Å². The average molecular weight is 483 g/mol. The van der Waals surface area contributed by atoms with Gasteiger partial charge in [-0.3, -0.25) is 4.79 Å². The summed E-state index contributed by atoms with van der Waals surface area (Å²) in [4.78, 5) is 12.6. The van der Waals surface area contributed by atoms with Gasteiger partial charge in [0.2, 0.25) is 5.89 Å². The van der Waals surface area contributed by atoms with E-state index in [1.807, 2.05) is 5.32 Å². The van der Waals surface area contributed by atoms with E-state index in [9.17, 15) is 31.1 Å². The zero-order valence-electron chi connectivity index (χ0n) is 16.6. The van der Waals surface area contributed by atoms with Crippen LogP contribution in [0.4, 0.5) is 32.0 Å². The van der Waals surface area contributed by atoms with Gasteiger partial charge in [-0.1, -0.05) is 0 Å². The smallest absolute Gasteiger partial charge is 0.416 e. The maximum absolute atomic E-state index is 14.3. The van der Waals surface area contributed by atoms with E-state index >= 15 is 0 Å². The van der Waals surface area contributed by atoms with Gasteiger partial charge in [-0.2, -0.15) is 22.0 Å². The van der Waals surface area contributed by atoms with Crippen molar-refractivity contribution in [3.8, 4) is 28.9 Å². The third-order valence-electron chi connectivity index (χ3n) is 4.39. The molecule has 0 unspecified atom stereocenters. The SMILES string of the molecule is O=C(Nc1cc(-c2nnc(-c3ccco3)o2)ccc1F)c1cc(C(F)(F)F)ccc1OC(F)F. The molecule has 4 aromatic rings. The lowest BCUT2D eigenvalue weighted by molar-refractivity contribution is -0.137. The van der Waals surface area contributed by atoms with Crippen molar-refractivity contribution in [3.05, 3.63) is 71.7 Å². The summed E-state index contributed by atoms with van der Waals surface area (Å²) in [5, 5.41) is 9.63. The summed E-state index contributed by atoms with van der Waals surface area (Å²) >= 11 is 0. The van der Waals surface area contributed by atoms with Crippen LogP contribution in [0.15, 0.2) is 63.6 Å². The Hall–Kier alpha value is -4.29. The molecule has 0 atom stereocenters. The number of carbonyl (C=O) groups excluding carboxylic acids is 1. The fraction of sp³-hybridized carbons (Fsp3) is 0.0952. The van der Waals surface area contributed by atoms with Gasteiger partial charge in [0.05, 0.1) is 23.1 Å². The first-order valence-corrected chi connectivity index (χ1v) is 9.26. The number of anilines is 1. The van der Waals surface area contributed by atoms with Crippen molar-refractivity contribution in [2.24, 2.45) is 0 Å². The Morgan fingerprint density at radius 2 is 1.79 bits per heavy atom. The molecule has 2 aromatic carbocycles. The van der Waals surface area contributed by atoms with Crippen LogP contribution in [0.1, 0.15) is 15.9 Å². The molecule has 0 fully saturated rings. The van der Waals surface area contributed by atoms with E-state index in [4.69, 9.17) is 8.83 Å². The molecule has 2 heterocycles. The maximum Gasteiger partial charge on any atom is 0.416 e. The van der Waals surface area contributed by atoms with Gasteiger partial charge < -0.3 is 18.9 Å². The first-order chi connectivity index (χ1) is 16.1. The number of halogens is 6. The Morgan fingerprint density at radius 1 is 1.03 bits per heavy atom. The minimum atomic E-state index is -4.87. The van der Waals surface area contributed by atoms with Gasteiger partial charge in [-0.15, -0.1) is 10.2 Å². The molecule has 176 valence electrons. The van der Waals surface area contributed by atoms with Gasteiger partial charge in [0.25, 0.3) is 11.8 Å². The average Bonchev–Trinajstić information content (AvgIpc) is 3.46. The molecule has 13 heteroatoms. The Bertz CT molecular complexity index is 1320. The molecule has 2 aromatic heterocycles. The summed E-state index contributed by atoms with van der Waals surface area (Å²) in [5.74, 6) is -2.90. The van der Waals surface area contributed by atoms with Gasteiger partial charge in [0, 0.05) is 5.56 Å². The number of hydrogen-bond donors (Lipinski definition) is 1. The zero-order chi connectivity index (χ0) is 24.5. The lowest BCUT2D eigenvalue weighted by Crippen LogP contribution is -2.17. The molecule has 0 saturated carbocycles. The van der Waals surface area contributed by atoms with E-state index in [1.165, 1.54) is 12.3 Å². The van der Waals surface area contributed by atoms with Crippen LogP contribution >= 0.6 is 0 Å². The van der Waals surface area contributed by atoms with Crippen molar-refractivity contribution in [1.29, 1.82) is 0 Å². The van der Waals surface area contributed by atoms with Crippen LogP contribution in [0.25, 0.3) is 23.1 Å². The zero-order valence-corrected chi connectivity index (χ0v) is 16.6. The number of nitrogens with one attached hydrogen (secondary N) is 1. The van der Waals surface area contributed by atoms with Crippen molar-refractivity contribution >= 4 is 11.6 Å². The highest BCUT2D eigenvalue weighted by Gasteiger charge is 2.32. The number of benzene rings is 2. The Balaban J connectivity index is 1.65. The van der Waals surface area contributed by atoms with E-state index in [1.54, 1.807) is 12.1 Å². The molecule has 1 N–H and O–H groups in total.